The van der Waals surface area contributed by atoms with E-state index in [9.17, 15) is 0 Å². The molecule has 2 unspecified atom stereocenters. The number of nitrogens with zero attached hydrogens (tertiary/aromatic N) is 1. The average molecular weight is 383 g/mol. The predicted octanol–water partition coefficient (Wildman–Crippen LogP) is 5.51. The maximum atomic E-state index is 2.89. The fourth-order valence-electron chi connectivity index (χ4n) is 4.45. The quantitative estimate of drug-likeness (QED) is 0.595. The largest absolute Gasteiger partial charge is 0.281 e. The van der Waals surface area contributed by atoms with Crippen LogP contribution in [0.25, 0.3) is 0 Å². The minimum Gasteiger partial charge on any atom is -0.281 e. The van der Waals surface area contributed by atoms with Crippen LogP contribution in [-0.4, -0.2) is 29.1 Å². The van der Waals surface area contributed by atoms with Crippen LogP contribution in [0.2, 0.25) is 0 Å². The Morgan fingerprint density at radius 1 is 0.769 bits per heavy atom. The molecule has 2 aromatic carbocycles. The Bertz CT molecular complexity index is 615. The molecule has 1 heterocycles. The zero-order chi connectivity index (χ0) is 17.6. The summed E-state index contributed by atoms with van der Waals surface area (Å²) in [5, 5.41) is 3.09. The van der Waals surface area contributed by atoms with Gasteiger partial charge in [0, 0.05) is 12.6 Å². The van der Waals surface area contributed by atoms with Crippen molar-refractivity contribution < 1.29 is 0 Å². The fraction of sp³-hybridized carbons (Fsp3) is 0.478. The van der Waals surface area contributed by atoms with Gasteiger partial charge >= 0.3 is 0 Å². The van der Waals surface area contributed by atoms with E-state index in [2.05, 4.69) is 65.3 Å². The number of benzene rings is 2. The molecular formula is C23H31NP2. The first kappa shape index (κ1) is 18.6. The minimum absolute atomic E-state index is 0.249. The Morgan fingerprint density at radius 2 is 1.38 bits per heavy atom. The van der Waals surface area contributed by atoms with Crippen molar-refractivity contribution in [2.45, 2.75) is 56.6 Å². The monoisotopic (exact) mass is 383 g/mol. The third-order valence-corrected chi connectivity index (χ3v) is 10.4. The van der Waals surface area contributed by atoms with E-state index in [1.54, 1.807) is 10.6 Å². The Balaban J connectivity index is 1.49. The van der Waals surface area contributed by atoms with Gasteiger partial charge < -0.3 is 0 Å². The predicted molar refractivity (Wildman–Crippen MR) is 119 cm³/mol. The van der Waals surface area contributed by atoms with Gasteiger partial charge in [-0.2, -0.15) is 0 Å². The zero-order valence-electron chi connectivity index (χ0n) is 15.7. The van der Waals surface area contributed by atoms with Crippen molar-refractivity contribution in [3.63, 3.8) is 0 Å². The maximum Gasteiger partial charge on any atom is 0.0178 e. The Hall–Kier alpha value is -0.740. The molecule has 0 spiro atoms. The van der Waals surface area contributed by atoms with Crippen LogP contribution in [-0.2, 0) is 0 Å². The smallest absolute Gasteiger partial charge is 0.0178 e. The van der Waals surface area contributed by atoms with Crippen molar-refractivity contribution in [1.29, 1.82) is 0 Å². The summed E-state index contributed by atoms with van der Waals surface area (Å²) in [6.45, 7) is 1.34. The molecule has 2 fully saturated rings. The van der Waals surface area contributed by atoms with Crippen molar-refractivity contribution in [1.82, 2.24) is 4.67 Å². The van der Waals surface area contributed by atoms with E-state index in [4.69, 9.17) is 0 Å². The van der Waals surface area contributed by atoms with Crippen LogP contribution in [0.1, 0.15) is 44.9 Å². The van der Waals surface area contributed by atoms with Gasteiger partial charge in [0.15, 0.2) is 0 Å². The first-order valence-corrected chi connectivity index (χ1v) is 12.9. The van der Waals surface area contributed by atoms with Gasteiger partial charge in [0.05, 0.1) is 0 Å². The molecule has 0 N–H and O–H groups in total. The highest BCUT2D eigenvalue weighted by atomic mass is 31.1. The van der Waals surface area contributed by atoms with Gasteiger partial charge in [-0.05, 0) is 64.8 Å². The van der Waals surface area contributed by atoms with E-state index < -0.39 is 0 Å². The van der Waals surface area contributed by atoms with Gasteiger partial charge in [-0.25, -0.2) is 0 Å². The molecule has 1 aliphatic carbocycles. The lowest BCUT2D eigenvalue weighted by atomic mass is 10.0. The van der Waals surface area contributed by atoms with Gasteiger partial charge in [0.25, 0.3) is 0 Å². The molecule has 0 radical (unpaired) electrons. The Kier molecular flexibility index (Phi) is 6.77. The lowest BCUT2D eigenvalue weighted by molar-refractivity contribution is 0.441. The van der Waals surface area contributed by atoms with Crippen LogP contribution in [0.15, 0.2) is 60.7 Å². The highest BCUT2D eigenvalue weighted by Crippen LogP contribution is 2.44. The van der Waals surface area contributed by atoms with E-state index in [1.807, 2.05) is 0 Å². The van der Waals surface area contributed by atoms with Crippen molar-refractivity contribution in [2.24, 2.45) is 0 Å². The van der Waals surface area contributed by atoms with Crippen molar-refractivity contribution in [3.8, 4) is 0 Å². The normalized spacial score (nSPS) is 22.6. The van der Waals surface area contributed by atoms with Crippen LogP contribution in [0.4, 0.5) is 0 Å². The summed E-state index contributed by atoms with van der Waals surface area (Å²) in [6.07, 6.45) is 11.5. The van der Waals surface area contributed by atoms with E-state index in [1.165, 1.54) is 57.7 Å². The van der Waals surface area contributed by atoms with Crippen molar-refractivity contribution in [3.05, 3.63) is 60.7 Å². The van der Waals surface area contributed by atoms with Crippen LogP contribution >= 0.6 is 16.7 Å². The molecule has 1 saturated carbocycles. The van der Waals surface area contributed by atoms with E-state index in [0.717, 1.165) is 20.4 Å². The van der Waals surface area contributed by atoms with E-state index >= 15 is 0 Å². The third-order valence-electron chi connectivity index (χ3n) is 5.86. The molecule has 3 heteroatoms. The molecule has 138 valence electrons. The van der Waals surface area contributed by atoms with Crippen molar-refractivity contribution >= 4 is 27.3 Å². The van der Waals surface area contributed by atoms with Gasteiger partial charge in [-0.3, -0.25) is 4.67 Å². The number of hydrogen-bond donors (Lipinski definition) is 0. The molecule has 1 saturated heterocycles. The van der Waals surface area contributed by atoms with Crippen LogP contribution < -0.4 is 10.6 Å². The molecule has 2 aromatic rings. The van der Waals surface area contributed by atoms with Crippen LogP contribution in [0.3, 0.4) is 0 Å². The average Bonchev–Trinajstić information content (AvgIpc) is 3.15. The minimum atomic E-state index is -0.249. The summed E-state index contributed by atoms with van der Waals surface area (Å²) in [4.78, 5) is 0. The second-order valence-corrected chi connectivity index (χ2v) is 11.6. The van der Waals surface area contributed by atoms with Crippen molar-refractivity contribution in [2.75, 3.05) is 12.7 Å². The second kappa shape index (κ2) is 9.45. The molecule has 1 nitrogen and oxygen atoms in total. The van der Waals surface area contributed by atoms with Crippen LogP contribution in [0.5, 0.6) is 0 Å². The molecule has 1 aliphatic heterocycles. The first-order valence-electron chi connectivity index (χ1n) is 10.3. The topological polar surface area (TPSA) is 3.24 Å². The number of hydrogen-bond acceptors (Lipinski definition) is 1. The molecule has 26 heavy (non-hydrogen) atoms. The van der Waals surface area contributed by atoms with Gasteiger partial charge in [-0.1, -0.05) is 79.9 Å². The molecule has 0 amide bonds. The molecule has 4 rings (SSSR count). The summed E-state index contributed by atoms with van der Waals surface area (Å²) in [7, 11) is 0.825. The highest BCUT2D eigenvalue weighted by molar-refractivity contribution is 7.73. The summed E-state index contributed by atoms with van der Waals surface area (Å²) in [5.74, 6) is 0. The van der Waals surface area contributed by atoms with E-state index in [0.29, 0.717) is 0 Å². The van der Waals surface area contributed by atoms with Gasteiger partial charge in [0.2, 0.25) is 0 Å². The molecule has 0 bridgehead atoms. The van der Waals surface area contributed by atoms with Gasteiger partial charge in [0.1, 0.15) is 0 Å². The standard InChI is InChI=1S/C23H31NP2/c1-4-12-21(13-5-1)25-24-18-10-11-20(24)19-26(22-14-6-2-7-15-22)23-16-8-3-9-17-23/h2-3,6-9,14-17,20-21,25H,1,4-5,10-13,18-19H2. The summed E-state index contributed by atoms with van der Waals surface area (Å²) in [6, 6.07) is 23.3. The summed E-state index contributed by atoms with van der Waals surface area (Å²) in [5.41, 5.74) is 0.990. The highest BCUT2D eigenvalue weighted by Gasteiger charge is 2.30. The van der Waals surface area contributed by atoms with Crippen LogP contribution in [0, 0.1) is 0 Å². The Labute approximate surface area is 162 Å². The molecule has 0 aromatic heterocycles. The lowest BCUT2D eigenvalue weighted by Gasteiger charge is -2.33. The SMILES string of the molecule is c1ccc(P(CC2CCCN2PC2CCCCC2)c2ccccc2)cc1. The zero-order valence-corrected chi connectivity index (χ0v) is 17.6. The van der Waals surface area contributed by atoms with Gasteiger partial charge in [-0.15, -0.1) is 0 Å². The fourth-order valence-corrected chi connectivity index (χ4v) is 9.04. The molecule has 2 atom stereocenters. The molecular weight excluding hydrogens is 352 g/mol. The summed E-state index contributed by atoms with van der Waals surface area (Å²) >= 11 is 0. The third kappa shape index (κ3) is 4.75. The Morgan fingerprint density at radius 3 is 2.00 bits per heavy atom. The maximum absolute atomic E-state index is 2.89. The van der Waals surface area contributed by atoms with E-state index in [-0.39, 0.29) is 7.92 Å². The second-order valence-electron chi connectivity index (χ2n) is 7.74. The summed E-state index contributed by atoms with van der Waals surface area (Å²) < 4.78 is 2.89. The lowest BCUT2D eigenvalue weighted by Crippen LogP contribution is -2.30. The number of rotatable bonds is 6. The first-order chi connectivity index (χ1) is 12.9. The molecule has 2 aliphatic rings.